The molecule has 0 aliphatic heterocycles. The molecule has 0 fully saturated rings. The molecule has 0 bridgehead atoms. The van der Waals surface area contributed by atoms with E-state index in [4.69, 9.17) is 9.47 Å². The maximum absolute atomic E-state index is 10.0. The number of benzene rings is 4. The van der Waals surface area contributed by atoms with E-state index in [1.165, 1.54) is 0 Å². The molecule has 0 saturated carbocycles. The number of aromatic hydroxyl groups is 1. The zero-order chi connectivity index (χ0) is 24.6. The van der Waals surface area contributed by atoms with Gasteiger partial charge in [0.2, 0.25) is 0 Å². The maximum atomic E-state index is 10.0. The summed E-state index contributed by atoms with van der Waals surface area (Å²) in [5.41, 5.74) is 3.66. The van der Waals surface area contributed by atoms with Crippen LogP contribution in [0, 0.1) is 0 Å². The topological polar surface area (TPSA) is 80.3 Å². The van der Waals surface area contributed by atoms with Gasteiger partial charge >= 0.3 is 0 Å². The van der Waals surface area contributed by atoms with Gasteiger partial charge in [-0.25, -0.2) is 4.98 Å². The van der Waals surface area contributed by atoms with Crippen LogP contribution < -0.4 is 9.47 Å². The van der Waals surface area contributed by atoms with Crippen LogP contribution in [-0.2, 0) is 13.2 Å². The zero-order valence-electron chi connectivity index (χ0n) is 19.5. The van der Waals surface area contributed by atoms with Gasteiger partial charge in [-0.3, -0.25) is 5.10 Å². The van der Waals surface area contributed by atoms with Crippen molar-refractivity contribution in [3.8, 4) is 28.6 Å². The number of ether oxygens (including phenoxy) is 2. The lowest BCUT2D eigenvalue weighted by atomic mass is 10.1. The van der Waals surface area contributed by atoms with Crippen molar-refractivity contribution < 1.29 is 14.6 Å². The molecule has 0 aliphatic carbocycles. The highest BCUT2D eigenvalue weighted by Crippen LogP contribution is 2.31. The van der Waals surface area contributed by atoms with E-state index in [9.17, 15) is 5.11 Å². The van der Waals surface area contributed by atoms with Crippen LogP contribution in [0.15, 0.2) is 103 Å². The fourth-order valence-electron chi connectivity index (χ4n) is 3.64. The Morgan fingerprint density at radius 1 is 0.694 bits per heavy atom. The molecule has 1 aromatic heterocycles. The standard InChI is InChI=1S/C30H25N3O3/c34-26-14-8-7-13-25(26)30-31-29(32-33-30)18-16-22-15-17-27(35-20-23-9-3-1-4-10-23)28(19-22)36-21-24-11-5-2-6-12-24/h1-19,34H,20-21H2,(H,31,32,33)/b18-16+. The average molecular weight is 476 g/mol. The van der Waals surface area contributed by atoms with Crippen LogP contribution in [0.2, 0.25) is 0 Å². The predicted octanol–water partition coefficient (Wildman–Crippen LogP) is 6.51. The number of nitrogens with one attached hydrogen (secondary N) is 1. The molecule has 2 N–H and O–H groups in total. The first kappa shape index (κ1) is 22.9. The van der Waals surface area contributed by atoms with E-state index >= 15 is 0 Å². The monoisotopic (exact) mass is 475 g/mol. The molecule has 1 heterocycles. The number of H-pyrrole nitrogens is 1. The van der Waals surface area contributed by atoms with E-state index in [2.05, 4.69) is 15.2 Å². The fraction of sp³-hybridized carbons (Fsp3) is 0.0667. The first-order chi connectivity index (χ1) is 17.7. The Labute approximate surface area is 209 Å². The Morgan fingerprint density at radius 3 is 2.03 bits per heavy atom. The van der Waals surface area contributed by atoms with Gasteiger partial charge in [-0.1, -0.05) is 84.9 Å². The second kappa shape index (κ2) is 11.1. The highest BCUT2D eigenvalue weighted by atomic mass is 16.5. The highest BCUT2D eigenvalue weighted by Gasteiger charge is 2.10. The van der Waals surface area contributed by atoms with Gasteiger partial charge in [-0.05, 0) is 47.0 Å². The Hall–Kier alpha value is -4.84. The number of aromatic amines is 1. The van der Waals surface area contributed by atoms with Crippen molar-refractivity contribution in [1.29, 1.82) is 0 Å². The van der Waals surface area contributed by atoms with Crippen molar-refractivity contribution in [2.24, 2.45) is 0 Å². The minimum atomic E-state index is 0.137. The number of rotatable bonds is 9. The van der Waals surface area contributed by atoms with Crippen LogP contribution in [0.3, 0.4) is 0 Å². The van der Waals surface area contributed by atoms with Crippen molar-refractivity contribution in [2.75, 3.05) is 0 Å². The van der Waals surface area contributed by atoms with Gasteiger partial charge in [0, 0.05) is 0 Å². The summed E-state index contributed by atoms with van der Waals surface area (Å²) in [5.74, 6) is 2.48. The van der Waals surface area contributed by atoms with Crippen molar-refractivity contribution in [3.05, 3.63) is 126 Å². The van der Waals surface area contributed by atoms with E-state index < -0.39 is 0 Å². The zero-order valence-corrected chi connectivity index (χ0v) is 19.5. The molecule has 0 saturated heterocycles. The lowest BCUT2D eigenvalue weighted by Crippen LogP contribution is -2.01. The molecule has 4 aromatic carbocycles. The van der Waals surface area contributed by atoms with Crippen molar-refractivity contribution in [1.82, 2.24) is 15.2 Å². The summed E-state index contributed by atoms with van der Waals surface area (Å²) >= 11 is 0. The number of para-hydroxylation sites is 1. The number of hydrogen-bond donors (Lipinski definition) is 2. The molecule has 5 aromatic rings. The first-order valence-electron chi connectivity index (χ1n) is 11.6. The van der Waals surface area contributed by atoms with Gasteiger partial charge in [-0.15, -0.1) is 0 Å². The molecule has 36 heavy (non-hydrogen) atoms. The van der Waals surface area contributed by atoms with Gasteiger partial charge in [0.05, 0.1) is 5.56 Å². The average Bonchev–Trinajstić information content (AvgIpc) is 3.40. The number of aromatic nitrogens is 3. The molecule has 178 valence electrons. The van der Waals surface area contributed by atoms with Crippen molar-refractivity contribution in [3.63, 3.8) is 0 Å². The van der Waals surface area contributed by atoms with Crippen LogP contribution in [0.5, 0.6) is 17.2 Å². The van der Waals surface area contributed by atoms with Crippen LogP contribution in [0.25, 0.3) is 23.5 Å². The van der Waals surface area contributed by atoms with Crippen LogP contribution >= 0.6 is 0 Å². The molecule has 0 spiro atoms. The number of phenols is 1. The molecule has 0 radical (unpaired) electrons. The summed E-state index contributed by atoms with van der Waals surface area (Å²) in [5, 5.41) is 17.2. The number of phenolic OH excluding ortho intramolecular Hbond substituents is 1. The second-order valence-electron chi connectivity index (χ2n) is 8.15. The Bertz CT molecular complexity index is 1450. The Morgan fingerprint density at radius 2 is 1.33 bits per heavy atom. The van der Waals surface area contributed by atoms with E-state index in [0.29, 0.717) is 41.9 Å². The maximum Gasteiger partial charge on any atom is 0.185 e. The number of nitrogens with zero attached hydrogens (tertiary/aromatic N) is 2. The van der Waals surface area contributed by atoms with Crippen LogP contribution in [-0.4, -0.2) is 20.3 Å². The van der Waals surface area contributed by atoms with E-state index in [1.54, 1.807) is 18.2 Å². The van der Waals surface area contributed by atoms with E-state index in [1.807, 2.05) is 97.1 Å². The third kappa shape index (κ3) is 5.80. The summed E-state index contributed by atoms with van der Waals surface area (Å²) in [7, 11) is 0. The second-order valence-corrected chi connectivity index (χ2v) is 8.15. The van der Waals surface area contributed by atoms with Crippen LogP contribution in [0.1, 0.15) is 22.5 Å². The Kier molecular flexibility index (Phi) is 7.04. The summed E-state index contributed by atoms with van der Waals surface area (Å²) in [6, 6.07) is 32.9. The lowest BCUT2D eigenvalue weighted by Gasteiger charge is -2.14. The summed E-state index contributed by atoms with van der Waals surface area (Å²) < 4.78 is 12.2. The van der Waals surface area contributed by atoms with Crippen molar-refractivity contribution in [2.45, 2.75) is 13.2 Å². The third-order valence-corrected chi connectivity index (χ3v) is 5.52. The molecular formula is C30H25N3O3. The minimum Gasteiger partial charge on any atom is -0.507 e. The predicted molar refractivity (Wildman–Crippen MR) is 140 cm³/mol. The largest absolute Gasteiger partial charge is 0.507 e. The van der Waals surface area contributed by atoms with E-state index in [-0.39, 0.29) is 5.75 Å². The molecule has 0 aliphatic rings. The molecular weight excluding hydrogens is 450 g/mol. The molecule has 5 rings (SSSR count). The van der Waals surface area contributed by atoms with Gasteiger partial charge in [-0.2, -0.15) is 5.10 Å². The number of hydrogen-bond acceptors (Lipinski definition) is 5. The highest BCUT2D eigenvalue weighted by molar-refractivity contribution is 5.70. The summed E-state index contributed by atoms with van der Waals surface area (Å²) in [4.78, 5) is 4.47. The normalized spacial score (nSPS) is 11.0. The van der Waals surface area contributed by atoms with Gasteiger partial charge in [0.1, 0.15) is 24.8 Å². The Balaban J connectivity index is 1.34. The SMILES string of the molecule is Oc1ccccc1-c1n[nH]c(/C=C/c2ccc(OCc3ccccc3)c(OCc3ccccc3)c2)n1. The quantitative estimate of drug-likeness (QED) is 0.254. The summed E-state index contributed by atoms with van der Waals surface area (Å²) in [6.45, 7) is 0.882. The molecule has 6 heteroatoms. The molecule has 0 amide bonds. The summed E-state index contributed by atoms with van der Waals surface area (Å²) in [6.07, 6.45) is 3.75. The first-order valence-corrected chi connectivity index (χ1v) is 11.6. The molecule has 0 atom stereocenters. The third-order valence-electron chi connectivity index (χ3n) is 5.52. The van der Waals surface area contributed by atoms with E-state index in [0.717, 1.165) is 16.7 Å². The van der Waals surface area contributed by atoms with Gasteiger partial charge in [0.15, 0.2) is 17.3 Å². The lowest BCUT2D eigenvalue weighted by molar-refractivity contribution is 0.256. The van der Waals surface area contributed by atoms with Crippen LogP contribution in [0.4, 0.5) is 0 Å². The van der Waals surface area contributed by atoms with Gasteiger partial charge in [0.25, 0.3) is 0 Å². The van der Waals surface area contributed by atoms with Gasteiger partial charge < -0.3 is 14.6 Å². The molecule has 0 unspecified atom stereocenters. The van der Waals surface area contributed by atoms with Crippen molar-refractivity contribution >= 4 is 12.2 Å². The minimum absolute atomic E-state index is 0.137. The fourth-order valence-corrected chi connectivity index (χ4v) is 3.64. The molecule has 6 nitrogen and oxygen atoms in total. The smallest absolute Gasteiger partial charge is 0.185 e.